The van der Waals surface area contributed by atoms with Gasteiger partial charge in [-0.15, -0.1) is 0 Å². The van der Waals surface area contributed by atoms with Crippen molar-refractivity contribution in [3.05, 3.63) is 0 Å². The van der Waals surface area contributed by atoms with Gasteiger partial charge >= 0.3 is 0 Å². The standard InChI is InChI=1S/C16H36N2O/c1-8-9-16(6,11-17-10-14(2)3)12-18(7)15(4,5)13-19/h14,17,19H,8-13H2,1-7H3. The SMILES string of the molecule is CCCC(C)(CNCC(C)C)CN(C)C(C)(C)CO. The molecule has 0 aliphatic carbocycles. The maximum Gasteiger partial charge on any atom is 0.0609 e. The summed E-state index contributed by atoms with van der Waals surface area (Å²) in [7, 11) is 2.12. The van der Waals surface area contributed by atoms with E-state index in [2.05, 4.69) is 58.8 Å². The lowest BCUT2D eigenvalue weighted by atomic mass is 9.83. The van der Waals surface area contributed by atoms with Gasteiger partial charge in [0.2, 0.25) is 0 Å². The molecule has 3 heteroatoms. The molecule has 0 heterocycles. The molecule has 0 saturated heterocycles. The maximum atomic E-state index is 9.48. The lowest BCUT2D eigenvalue weighted by Crippen LogP contribution is -2.51. The number of aliphatic hydroxyl groups is 1. The van der Waals surface area contributed by atoms with Crippen molar-refractivity contribution in [2.24, 2.45) is 11.3 Å². The lowest BCUT2D eigenvalue weighted by Gasteiger charge is -2.41. The Bertz CT molecular complexity index is 241. The Morgan fingerprint density at radius 2 is 1.79 bits per heavy atom. The first-order chi connectivity index (χ1) is 8.67. The van der Waals surface area contributed by atoms with Crippen molar-refractivity contribution >= 4 is 0 Å². The molecule has 116 valence electrons. The predicted molar refractivity (Wildman–Crippen MR) is 84.5 cm³/mol. The monoisotopic (exact) mass is 272 g/mol. The molecule has 1 unspecified atom stereocenters. The quantitative estimate of drug-likeness (QED) is 0.642. The third-order valence-corrected chi connectivity index (χ3v) is 4.00. The summed E-state index contributed by atoms with van der Waals surface area (Å²) in [6.07, 6.45) is 2.41. The first-order valence-corrected chi connectivity index (χ1v) is 7.69. The van der Waals surface area contributed by atoms with Gasteiger partial charge in [0, 0.05) is 18.6 Å². The summed E-state index contributed by atoms with van der Waals surface area (Å²) in [6.45, 7) is 16.6. The van der Waals surface area contributed by atoms with Crippen LogP contribution in [0.2, 0.25) is 0 Å². The summed E-state index contributed by atoms with van der Waals surface area (Å²) < 4.78 is 0. The molecule has 0 bridgehead atoms. The second-order valence-corrected chi connectivity index (χ2v) is 7.41. The number of likely N-dealkylation sites (N-methyl/N-ethyl adjacent to an activating group) is 1. The topological polar surface area (TPSA) is 35.5 Å². The number of rotatable bonds is 10. The summed E-state index contributed by atoms with van der Waals surface area (Å²) in [5.41, 5.74) is 0.123. The Labute approximate surface area is 120 Å². The zero-order valence-corrected chi connectivity index (χ0v) is 14.2. The molecule has 19 heavy (non-hydrogen) atoms. The third-order valence-electron chi connectivity index (χ3n) is 4.00. The highest BCUT2D eigenvalue weighted by atomic mass is 16.3. The number of nitrogens with one attached hydrogen (secondary N) is 1. The summed E-state index contributed by atoms with van der Waals surface area (Å²) in [4.78, 5) is 2.29. The molecular formula is C16H36N2O. The van der Waals surface area contributed by atoms with Gasteiger partial charge in [0.05, 0.1) is 6.61 Å². The summed E-state index contributed by atoms with van der Waals surface area (Å²) in [5, 5.41) is 13.1. The summed E-state index contributed by atoms with van der Waals surface area (Å²) in [5.74, 6) is 0.692. The molecule has 0 aliphatic heterocycles. The summed E-state index contributed by atoms with van der Waals surface area (Å²) in [6, 6.07) is 0. The molecule has 0 aromatic carbocycles. The van der Waals surface area contributed by atoms with Gasteiger partial charge in [-0.05, 0) is 45.2 Å². The van der Waals surface area contributed by atoms with Gasteiger partial charge < -0.3 is 10.4 Å². The minimum Gasteiger partial charge on any atom is -0.394 e. The van der Waals surface area contributed by atoms with E-state index in [0.29, 0.717) is 5.92 Å². The Morgan fingerprint density at radius 1 is 1.21 bits per heavy atom. The molecule has 0 amide bonds. The Hall–Kier alpha value is -0.120. The van der Waals surface area contributed by atoms with E-state index < -0.39 is 0 Å². The van der Waals surface area contributed by atoms with Crippen LogP contribution in [-0.2, 0) is 0 Å². The van der Waals surface area contributed by atoms with Crippen molar-refractivity contribution < 1.29 is 5.11 Å². The molecule has 2 N–H and O–H groups in total. The molecule has 0 fully saturated rings. The van der Waals surface area contributed by atoms with Crippen molar-refractivity contribution in [2.75, 3.05) is 33.3 Å². The average Bonchev–Trinajstić information content (AvgIpc) is 2.28. The van der Waals surface area contributed by atoms with Crippen molar-refractivity contribution in [3.63, 3.8) is 0 Å². The van der Waals surface area contributed by atoms with E-state index in [1.165, 1.54) is 12.8 Å². The highest BCUT2D eigenvalue weighted by molar-refractivity contribution is 4.86. The zero-order chi connectivity index (χ0) is 15.1. The number of hydrogen-bond donors (Lipinski definition) is 2. The maximum absolute atomic E-state index is 9.48. The molecule has 0 saturated carbocycles. The highest BCUT2D eigenvalue weighted by Crippen LogP contribution is 2.26. The van der Waals surface area contributed by atoms with Crippen LogP contribution in [0.3, 0.4) is 0 Å². The molecule has 3 nitrogen and oxygen atoms in total. The van der Waals surface area contributed by atoms with Crippen LogP contribution in [0.5, 0.6) is 0 Å². The molecule has 1 atom stereocenters. The molecule has 0 spiro atoms. The number of nitrogens with zero attached hydrogens (tertiary/aromatic N) is 1. The van der Waals surface area contributed by atoms with Crippen LogP contribution in [-0.4, -0.2) is 48.8 Å². The van der Waals surface area contributed by atoms with Crippen LogP contribution in [0.25, 0.3) is 0 Å². The first-order valence-electron chi connectivity index (χ1n) is 7.69. The fourth-order valence-electron chi connectivity index (χ4n) is 2.40. The normalized spacial score (nSPS) is 16.1. The van der Waals surface area contributed by atoms with Gasteiger partial charge in [0.1, 0.15) is 0 Å². The minimum absolute atomic E-state index is 0.146. The van der Waals surface area contributed by atoms with Crippen LogP contribution < -0.4 is 5.32 Å². The zero-order valence-electron chi connectivity index (χ0n) is 14.2. The van der Waals surface area contributed by atoms with E-state index in [1.807, 2.05) is 0 Å². The van der Waals surface area contributed by atoms with Gasteiger partial charge in [-0.1, -0.05) is 34.1 Å². The van der Waals surface area contributed by atoms with E-state index in [1.54, 1.807) is 0 Å². The molecule has 0 rings (SSSR count). The van der Waals surface area contributed by atoms with E-state index >= 15 is 0 Å². The molecule has 0 aliphatic rings. The minimum atomic E-state index is -0.146. The van der Waals surface area contributed by atoms with Gasteiger partial charge in [-0.3, -0.25) is 4.90 Å². The second kappa shape index (κ2) is 8.23. The highest BCUT2D eigenvalue weighted by Gasteiger charge is 2.31. The van der Waals surface area contributed by atoms with Gasteiger partial charge in [0.25, 0.3) is 0 Å². The molecule has 0 radical (unpaired) electrons. The van der Waals surface area contributed by atoms with Crippen molar-refractivity contribution in [1.29, 1.82) is 0 Å². The van der Waals surface area contributed by atoms with Gasteiger partial charge in [0.15, 0.2) is 0 Å². The Balaban J connectivity index is 4.52. The predicted octanol–water partition coefficient (Wildman–Crippen LogP) is 2.74. The van der Waals surface area contributed by atoms with Crippen LogP contribution in [0, 0.1) is 11.3 Å². The largest absolute Gasteiger partial charge is 0.394 e. The Kier molecular flexibility index (Phi) is 8.18. The number of hydrogen-bond acceptors (Lipinski definition) is 3. The molecule has 0 aromatic rings. The first kappa shape index (κ1) is 18.9. The van der Waals surface area contributed by atoms with Gasteiger partial charge in [-0.25, -0.2) is 0 Å². The molecule has 0 aromatic heterocycles. The molecular weight excluding hydrogens is 236 g/mol. The summed E-state index contributed by atoms with van der Waals surface area (Å²) >= 11 is 0. The van der Waals surface area contributed by atoms with Crippen LogP contribution in [0.4, 0.5) is 0 Å². The Morgan fingerprint density at radius 3 is 2.21 bits per heavy atom. The number of aliphatic hydroxyl groups excluding tert-OH is 1. The smallest absolute Gasteiger partial charge is 0.0609 e. The van der Waals surface area contributed by atoms with Crippen LogP contribution in [0.15, 0.2) is 0 Å². The van der Waals surface area contributed by atoms with Crippen molar-refractivity contribution in [3.8, 4) is 0 Å². The lowest BCUT2D eigenvalue weighted by molar-refractivity contribution is 0.0421. The van der Waals surface area contributed by atoms with Crippen molar-refractivity contribution in [1.82, 2.24) is 10.2 Å². The second-order valence-electron chi connectivity index (χ2n) is 7.41. The van der Waals surface area contributed by atoms with E-state index in [-0.39, 0.29) is 17.6 Å². The van der Waals surface area contributed by atoms with E-state index in [9.17, 15) is 5.11 Å². The average molecular weight is 272 g/mol. The van der Waals surface area contributed by atoms with E-state index in [0.717, 1.165) is 19.6 Å². The third kappa shape index (κ3) is 7.28. The van der Waals surface area contributed by atoms with E-state index in [4.69, 9.17) is 0 Å². The van der Waals surface area contributed by atoms with Gasteiger partial charge in [-0.2, -0.15) is 0 Å². The van der Waals surface area contributed by atoms with Crippen LogP contribution in [0.1, 0.15) is 54.4 Å². The van der Waals surface area contributed by atoms with Crippen molar-refractivity contribution in [2.45, 2.75) is 59.9 Å². The fourth-order valence-corrected chi connectivity index (χ4v) is 2.40. The van der Waals surface area contributed by atoms with Crippen LogP contribution >= 0.6 is 0 Å². The fraction of sp³-hybridized carbons (Fsp3) is 1.00.